The summed E-state index contributed by atoms with van der Waals surface area (Å²) in [5.74, 6) is 0.669. The van der Waals surface area contributed by atoms with Gasteiger partial charge in [0.1, 0.15) is 23.8 Å². The molecular weight excluding hydrogens is 376 g/mol. The second-order valence-electron chi connectivity index (χ2n) is 6.38. The number of rotatable bonds is 7. The first kappa shape index (κ1) is 20.2. The highest BCUT2D eigenvalue weighted by Crippen LogP contribution is 2.33. The van der Waals surface area contributed by atoms with Crippen LogP contribution in [0.15, 0.2) is 36.4 Å². The third-order valence-corrected chi connectivity index (χ3v) is 4.48. The molecule has 0 unspecified atom stereocenters. The van der Waals surface area contributed by atoms with Crippen LogP contribution in [0, 0.1) is 0 Å². The lowest BCUT2D eigenvalue weighted by Gasteiger charge is -2.29. The number of anilines is 2. The molecule has 0 spiro atoms. The summed E-state index contributed by atoms with van der Waals surface area (Å²) in [6, 6.07) is 9.86. The van der Waals surface area contributed by atoms with Crippen molar-refractivity contribution >= 4 is 29.0 Å². The van der Waals surface area contributed by atoms with Crippen molar-refractivity contribution in [2.75, 3.05) is 37.6 Å². The van der Waals surface area contributed by atoms with Crippen molar-refractivity contribution in [2.24, 2.45) is 0 Å². The van der Waals surface area contributed by atoms with E-state index in [1.807, 2.05) is 0 Å². The third kappa shape index (κ3) is 4.48. The number of nitrogens with one attached hydrogen (secondary N) is 1. The Labute approximate surface area is 168 Å². The predicted octanol–water partition coefficient (Wildman–Crippen LogP) is 2.66. The van der Waals surface area contributed by atoms with Crippen molar-refractivity contribution in [2.45, 2.75) is 13.3 Å². The van der Waals surface area contributed by atoms with Gasteiger partial charge >= 0.3 is 0 Å². The molecular formula is C21H22N2O6. The molecule has 0 saturated heterocycles. The molecule has 0 aromatic heterocycles. The van der Waals surface area contributed by atoms with Crippen LogP contribution in [-0.4, -0.2) is 45.0 Å². The van der Waals surface area contributed by atoms with Crippen LogP contribution in [0.1, 0.15) is 23.7 Å². The van der Waals surface area contributed by atoms with Crippen LogP contribution in [0.3, 0.4) is 0 Å². The summed E-state index contributed by atoms with van der Waals surface area (Å²) in [5, 5.41) is 2.74. The molecule has 1 N–H and O–H groups in total. The van der Waals surface area contributed by atoms with Gasteiger partial charge in [0.25, 0.3) is 5.91 Å². The zero-order chi connectivity index (χ0) is 21.0. The minimum Gasteiger partial charge on any atom is -0.497 e. The molecule has 0 atom stereocenters. The number of ketones is 1. The zero-order valence-electron chi connectivity index (χ0n) is 16.5. The fourth-order valence-electron chi connectivity index (χ4n) is 2.98. The smallest absolute Gasteiger partial charge is 0.265 e. The zero-order valence-corrected chi connectivity index (χ0v) is 16.5. The lowest BCUT2D eigenvalue weighted by atomic mass is 10.1. The molecule has 1 aliphatic rings. The van der Waals surface area contributed by atoms with E-state index in [2.05, 4.69) is 5.32 Å². The van der Waals surface area contributed by atoms with Crippen LogP contribution in [0.25, 0.3) is 0 Å². The second-order valence-corrected chi connectivity index (χ2v) is 6.38. The minimum atomic E-state index is -0.409. The van der Waals surface area contributed by atoms with Gasteiger partial charge in [0.2, 0.25) is 5.91 Å². The first-order valence-electron chi connectivity index (χ1n) is 9.08. The van der Waals surface area contributed by atoms with Crippen LogP contribution in [0.5, 0.6) is 17.2 Å². The molecule has 1 aliphatic heterocycles. The predicted molar refractivity (Wildman–Crippen MR) is 107 cm³/mol. The summed E-state index contributed by atoms with van der Waals surface area (Å²) in [5.41, 5.74) is 1.34. The van der Waals surface area contributed by atoms with Crippen molar-refractivity contribution in [3.8, 4) is 17.2 Å². The number of carbonyl (C=O) groups excluding carboxylic acids is 3. The SMILES string of the molecule is CCC(=O)c1ccc2c(c1)N(CC(=O)Nc1cc(OC)cc(OC)c1)C(=O)CO2. The second kappa shape index (κ2) is 8.64. The van der Waals surface area contributed by atoms with E-state index >= 15 is 0 Å². The van der Waals surface area contributed by atoms with E-state index < -0.39 is 5.91 Å². The summed E-state index contributed by atoms with van der Waals surface area (Å²) >= 11 is 0. The highest BCUT2D eigenvalue weighted by molar-refractivity contribution is 6.06. The summed E-state index contributed by atoms with van der Waals surface area (Å²) in [4.78, 5) is 38.4. The van der Waals surface area contributed by atoms with Crippen LogP contribution in [0.4, 0.5) is 11.4 Å². The van der Waals surface area contributed by atoms with Gasteiger partial charge in [-0.15, -0.1) is 0 Å². The number of methoxy groups -OCH3 is 2. The molecule has 0 bridgehead atoms. The van der Waals surface area contributed by atoms with Crippen molar-refractivity contribution in [1.29, 1.82) is 0 Å². The standard InChI is InChI=1S/C21H22N2O6/c1-4-18(24)13-5-6-19-17(7-13)23(21(26)12-29-19)11-20(25)22-14-8-15(27-2)10-16(9-14)28-3/h5-10H,4,11-12H2,1-3H3,(H,22,25). The van der Waals surface area contributed by atoms with Crippen molar-refractivity contribution in [3.05, 3.63) is 42.0 Å². The molecule has 1 heterocycles. The van der Waals surface area contributed by atoms with Gasteiger partial charge in [-0.3, -0.25) is 19.3 Å². The van der Waals surface area contributed by atoms with E-state index in [4.69, 9.17) is 14.2 Å². The average Bonchev–Trinajstić information content (AvgIpc) is 2.74. The Bertz CT molecular complexity index is 934. The maximum absolute atomic E-state index is 12.6. The Kier molecular flexibility index (Phi) is 6.01. The van der Waals surface area contributed by atoms with Crippen LogP contribution in [0.2, 0.25) is 0 Å². The van der Waals surface area contributed by atoms with E-state index in [-0.39, 0.29) is 24.8 Å². The topological polar surface area (TPSA) is 94.2 Å². The van der Waals surface area contributed by atoms with Gasteiger partial charge in [-0.25, -0.2) is 0 Å². The van der Waals surface area contributed by atoms with Crippen molar-refractivity contribution < 1.29 is 28.6 Å². The summed E-state index contributed by atoms with van der Waals surface area (Å²) in [6.45, 7) is 1.36. The average molecular weight is 398 g/mol. The quantitative estimate of drug-likeness (QED) is 0.721. The van der Waals surface area contributed by atoms with E-state index in [1.165, 1.54) is 19.1 Å². The molecule has 2 aromatic rings. The maximum atomic E-state index is 12.6. The number of nitrogens with zero attached hydrogens (tertiary/aromatic N) is 1. The monoisotopic (exact) mass is 398 g/mol. The summed E-state index contributed by atoms with van der Waals surface area (Å²) in [7, 11) is 3.03. The highest BCUT2D eigenvalue weighted by Gasteiger charge is 2.28. The Morgan fingerprint density at radius 3 is 2.41 bits per heavy atom. The molecule has 3 rings (SSSR count). The van der Waals surface area contributed by atoms with Crippen molar-refractivity contribution in [1.82, 2.24) is 0 Å². The molecule has 2 amide bonds. The van der Waals surface area contributed by atoms with E-state index in [0.717, 1.165) is 0 Å². The number of benzene rings is 2. The van der Waals surface area contributed by atoms with E-state index in [1.54, 1.807) is 43.3 Å². The number of hydrogen-bond acceptors (Lipinski definition) is 6. The van der Waals surface area contributed by atoms with Gasteiger partial charge in [-0.05, 0) is 18.2 Å². The molecule has 152 valence electrons. The highest BCUT2D eigenvalue weighted by atomic mass is 16.5. The molecule has 8 heteroatoms. The van der Waals surface area contributed by atoms with E-state index in [9.17, 15) is 14.4 Å². The number of carbonyl (C=O) groups is 3. The normalized spacial score (nSPS) is 12.7. The van der Waals surface area contributed by atoms with Gasteiger partial charge in [0.05, 0.1) is 19.9 Å². The minimum absolute atomic E-state index is 0.0568. The Hall–Kier alpha value is -3.55. The molecule has 0 aliphatic carbocycles. The fraction of sp³-hybridized carbons (Fsp3) is 0.286. The molecule has 2 aromatic carbocycles. The lowest BCUT2D eigenvalue weighted by Crippen LogP contribution is -2.43. The number of hydrogen-bond donors (Lipinski definition) is 1. The number of ether oxygens (including phenoxy) is 3. The first-order chi connectivity index (χ1) is 13.9. The Morgan fingerprint density at radius 2 is 1.79 bits per heavy atom. The van der Waals surface area contributed by atoms with Gasteiger partial charge in [-0.2, -0.15) is 0 Å². The maximum Gasteiger partial charge on any atom is 0.265 e. The number of fused-ring (bicyclic) bond motifs is 1. The van der Waals surface area contributed by atoms with Crippen LogP contribution >= 0.6 is 0 Å². The van der Waals surface area contributed by atoms with Gasteiger partial charge in [-0.1, -0.05) is 6.92 Å². The molecule has 29 heavy (non-hydrogen) atoms. The Morgan fingerprint density at radius 1 is 1.10 bits per heavy atom. The fourth-order valence-corrected chi connectivity index (χ4v) is 2.98. The molecule has 0 radical (unpaired) electrons. The number of Topliss-reactive ketones (excluding diaryl/α,β-unsaturated/α-hetero) is 1. The van der Waals surface area contributed by atoms with Crippen LogP contribution in [-0.2, 0) is 9.59 Å². The summed E-state index contributed by atoms with van der Waals surface area (Å²) in [6.07, 6.45) is 0.339. The molecule has 8 nitrogen and oxygen atoms in total. The van der Waals surface area contributed by atoms with E-state index in [0.29, 0.717) is 40.6 Å². The Balaban J connectivity index is 1.82. The first-order valence-corrected chi connectivity index (χ1v) is 9.08. The molecule has 0 fully saturated rings. The largest absolute Gasteiger partial charge is 0.497 e. The van der Waals surface area contributed by atoms with Crippen LogP contribution < -0.4 is 24.4 Å². The van der Waals surface area contributed by atoms with Crippen molar-refractivity contribution in [3.63, 3.8) is 0 Å². The molecule has 0 saturated carbocycles. The van der Waals surface area contributed by atoms with Gasteiger partial charge in [0, 0.05) is 35.9 Å². The van der Waals surface area contributed by atoms with Gasteiger partial charge in [0.15, 0.2) is 12.4 Å². The third-order valence-electron chi connectivity index (χ3n) is 4.48. The number of amides is 2. The van der Waals surface area contributed by atoms with Gasteiger partial charge < -0.3 is 19.5 Å². The lowest BCUT2D eigenvalue weighted by molar-refractivity contribution is -0.123. The summed E-state index contributed by atoms with van der Waals surface area (Å²) < 4.78 is 15.8.